The topological polar surface area (TPSA) is 41.6 Å². The molecule has 1 saturated heterocycles. The Bertz CT molecular complexity index is 544. The van der Waals surface area contributed by atoms with Crippen LogP contribution in [0.4, 0.5) is 18.0 Å². The predicted octanol–water partition coefficient (Wildman–Crippen LogP) is 3.41. The molecule has 0 radical (unpaired) electrons. The summed E-state index contributed by atoms with van der Waals surface area (Å²) in [6, 6.07) is 5.19. The average molecular weight is 330 g/mol. The van der Waals surface area contributed by atoms with E-state index in [-0.39, 0.29) is 12.1 Å². The average Bonchev–Trinajstić information content (AvgIpc) is 2.34. The van der Waals surface area contributed by atoms with Crippen molar-refractivity contribution in [2.75, 3.05) is 13.1 Å². The summed E-state index contributed by atoms with van der Waals surface area (Å²) in [5, 5.41) is 3.21. The quantitative estimate of drug-likeness (QED) is 0.923. The zero-order valence-corrected chi connectivity index (χ0v) is 13.4. The number of hydrogen-bond acceptors (Lipinski definition) is 3. The highest BCUT2D eigenvalue weighted by molar-refractivity contribution is 5.69. The number of alkyl halides is 3. The first-order chi connectivity index (χ1) is 10.5. The first-order valence-electron chi connectivity index (χ1n) is 7.42. The van der Waals surface area contributed by atoms with Crippen molar-refractivity contribution in [3.63, 3.8) is 0 Å². The Morgan fingerprint density at radius 1 is 1.22 bits per heavy atom. The largest absolute Gasteiger partial charge is 0.444 e. The van der Waals surface area contributed by atoms with Crippen LogP contribution in [0.3, 0.4) is 0 Å². The molecule has 1 fully saturated rings. The molecule has 0 bridgehead atoms. The highest BCUT2D eigenvalue weighted by atomic mass is 19.4. The molecule has 128 valence electrons. The number of hydrogen-bond donors (Lipinski definition) is 1. The molecule has 4 nitrogen and oxygen atoms in total. The van der Waals surface area contributed by atoms with Crippen molar-refractivity contribution >= 4 is 6.09 Å². The van der Waals surface area contributed by atoms with Gasteiger partial charge in [0, 0.05) is 25.7 Å². The Labute approximate surface area is 133 Å². The Morgan fingerprint density at radius 2 is 1.78 bits per heavy atom. The summed E-state index contributed by atoms with van der Waals surface area (Å²) in [4.78, 5) is 13.4. The lowest BCUT2D eigenvalue weighted by Crippen LogP contribution is -2.60. The summed E-state index contributed by atoms with van der Waals surface area (Å²) in [5.74, 6) is 0. The minimum absolute atomic E-state index is 0.129. The van der Waals surface area contributed by atoms with Crippen LogP contribution in [0, 0.1) is 0 Å². The van der Waals surface area contributed by atoms with Crippen LogP contribution in [-0.2, 0) is 17.5 Å². The number of halogens is 3. The van der Waals surface area contributed by atoms with E-state index in [1.165, 1.54) is 12.1 Å². The van der Waals surface area contributed by atoms with E-state index in [2.05, 4.69) is 5.32 Å². The van der Waals surface area contributed by atoms with E-state index >= 15 is 0 Å². The second kappa shape index (κ2) is 6.39. The Morgan fingerprint density at radius 3 is 2.26 bits per heavy atom. The molecule has 0 atom stereocenters. The lowest BCUT2D eigenvalue weighted by atomic mass is 10.1. The van der Waals surface area contributed by atoms with E-state index in [1.807, 2.05) is 20.8 Å². The molecule has 2 rings (SSSR count). The first-order valence-corrected chi connectivity index (χ1v) is 7.42. The van der Waals surface area contributed by atoms with Gasteiger partial charge in [-0.2, -0.15) is 13.2 Å². The van der Waals surface area contributed by atoms with Crippen LogP contribution in [0.2, 0.25) is 0 Å². The molecule has 1 aliphatic heterocycles. The minimum Gasteiger partial charge on any atom is -0.444 e. The molecular weight excluding hydrogens is 309 g/mol. The number of nitrogens with zero attached hydrogens (tertiary/aromatic N) is 1. The van der Waals surface area contributed by atoms with Crippen LogP contribution < -0.4 is 5.32 Å². The van der Waals surface area contributed by atoms with Crippen molar-refractivity contribution in [1.29, 1.82) is 0 Å². The number of benzene rings is 1. The normalized spacial score (nSPS) is 16.2. The lowest BCUT2D eigenvalue weighted by Gasteiger charge is -2.40. The Kier molecular flexibility index (Phi) is 4.89. The van der Waals surface area contributed by atoms with E-state index in [0.29, 0.717) is 19.6 Å². The van der Waals surface area contributed by atoms with Crippen LogP contribution in [0.1, 0.15) is 31.9 Å². The number of carbonyl (C=O) groups is 1. The second-order valence-corrected chi connectivity index (χ2v) is 6.66. The highest BCUT2D eigenvalue weighted by Crippen LogP contribution is 2.29. The molecule has 0 saturated carbocycles. The van der Waals surface area contributed by atoms with Crippen molar-refractivity contribution < 1.29 is 22.7 Å². The molecular formula is C16H21F3N2O2. The van der Waals surface area contributed by atoms with Crippen LogP contribution >= 0.6 is 0 Å². The van der Waals surface area contributed by atoms with Gasteiger partial charge >= 0.3 is 12.3 Å². The molecule has 23 heavy (non-hydrogen) atoms. The Balaban J connectivity index is 1.74. The minimum atomic E-state index is -4.31. The maximum Gasteiger partial charge on any atom is 0.416 e. The third-order valence-electron chi connectivity index (χ3n) is 3.41. The Hall–Kier alpha value is -1.76. The molecule has 1 aliphatic rings. The van der Waals surface area contributed by atoms with Gasteiger partial charge in [-0.25, -0.2) is 4.79 Å². The van der Waals surface area contributed by atoms with Crippen molar-refractivity contribution in [3.05, 3.63) is 35.4 Å². The predicted molar refractivity (Wildman–Crippen MR) is 79.9 cm³/mol. The van der Waals surface area contributed by atoms with Crippen molar-refractivity contribution in [1.82, 2.24) is 10.2 Å². The van der Waals surface area contributed by atoms with Gasteiger partial charge in [0.1, 0.15) is 5.60 Å². The number of ether oxygens (including phenoxy) is 1. The van der Waals surface area contributed by atoms with Gasteiger partial charge in [-0.05, 0) is 38.5 Å². The van der Waals surface area contributed by atoms with Crippen molar-refractivity contribution in [2.24, 2.45) is 0 Å². The molecule has 1 N–H and O–H groups in total. The molecule has 0 aromatic heterocycles. The van der Waals surface area contributed by atoms with Gasteiger partial charge in [0.2, 0.25) is 0 Å². The van der Waals surface area contributed by atoms with E-state index < -0.39 is 17.3 Å². The number of rotatable bonds is 3. The molecule has 0 aliphatic carbocycles. The van der Waals surface area contributed by atoms with Gasteiger partial charge in [0.15, 0.2) is 0 Å². The number of likely N-dealkylation sites (tertiary alicyclic amines) is 1. The van der Waals surface area contributed by atoms with Crippen LogP contribution in [0.25, 0.3) is 0 Å². The van der Waals surface area contributed by atoms with E-state index in [4.69, 9.17) is 4.74 Å². The van der Waals surface area contributed by atoms with E-state index in [9.17, 15) is 18.0 Å². The number of amides is 1. The third-order valence-corrected chi connectivity index (χ3v) is 3.41. The summed E-state index contributed by atoms with van der Waals surface area (Å²) in [6.07, 6.45) is -4.65. The summed E-state index contributed by atoms with van der Waals surface area (Å²) in [7, 11) is 0. The van der Waals surface area contributed by atoms with Gasteiger partial charge in [0.25, 0.3) is 0 Å². The van der Waals surface area contributed by atoms with Gasteiger partial charge in [0.05, 0.1) is 5.56 Å². The number of nitrogens with one attached hydrogen (secondary N) is 1. The van der Waals surface area contributed by atoms with Gasteiger partial charge in [-0.15, -0.1) is 0 Å². The second-order valence-electron chi connectivity index (χ2n) is 6.66. The molecule has 1 amide bonds. The molecule has 0 unspecified atom stereocenters. The smallest absolute Gasteiger partial charge is 0.416 e. The van der Waals surface area contributed by atoms with Gasteiger partial charge in [-0.1, -0.05) is 12.1 Å². The van der Waals surface area contributed by atoms with Gasteiger partial charge in [-0.3, -0.25) is 0 Å². The SMILES string of the molecule is CC(C)(C)OC(=O)N1CC(NCc2ccc(C(F)(F)F)cc2)C1. The third kappa shape index (κ3) is 5.13. The fourth-order valence-corrected chi connectivity index (χ4v) is 2.16. The standard InChI is InChI=1S/C16H21F3N2O2/c1-15(2,3)23-14(22)21-9-13(10-21)20-8-11-4-6-12(7-5-11)16(17,18)19/h4-7,13,20H,8-10H2,1-3H3. The molecule has 1 aromatic carbocycles. The van der Waals surface area contributed by atoms with Crippen LogP contribution in [-0.4, -0.2) is 35.7 Å². The summed E-state index contributed by atoms with van der Waals surface area (Å²) in [5.41, 5.74) is -0.398. The zero-order valence-electron chi connectivity index (χ0n) is 13.4. The number of carbonyl (C=O) groups excluding carboxylic acids is 1. The molecule has 1 heterocycles. The maximum atomic E-state index is 12.5. The summed E-state index contributed by atoms with van der Waals surface area (Å²) in [6.45, 7) is 6.97. The van der Waals surface area contributed by atoms with Crippen molar-refractivity contribution in [2.45, 2.75) is 45.1 Å². The zero-order chi connectivity index (χ0) is 17.3. The lowest BCUT2D eigenvalue weighted by molar-refractivity contribution is -0.137. The molecule has 1 aromatic rings. The van der Waals surface area contributed by atoms with E-state index in [0.717, 1.165) is 17.7 Å². The van der Waals surface area contributed by atoms with Crippen molar-refractivity contribution in [3.8, 4) is 0 Å². The van der Waals surface area contributed by atoms with Gasteiger partial charge < -0.3 is 15.0 Å². The maximum absolute atomic E-state index is 12.5. The fourth-order valence-electron chi connectivity index (χ4n) is 2.16. The van der Waals surface area contributed by atoms with Crippen LogP contribution in [0.15, 0.2) is 24.3 Å². The highest BCUT2D eigenvalue weighted by Gasteiger charge is 2.33. The molecule has 7 heteroatoms. The first kappa shape index (κ1) is 17.6. The molecule has 0 spiro atoms. The fraction of sp³-hybridized carbons (Fsp3) is 0.562. The van der Waals surface area contributed by atoms with E-state index in [1.54, 1.807) is 4.90 Å². The monoisotopic (exact) mass is 330 g/mol. The van der Waals surface area contributed by atoms with Crippen LogP contribution in [0.5, 0.6) is 0 Å². The summed E-state index contributed by atoms with van der Waals surface area (Å²) < 4.78 is 42.7. The summed E-state index contributed by atoms with van der Waals surface area (Å²) >= 11 is 0.